The number of fused-ring (bicyclic) bond motifs is 1. The predicted molar refractivity (Wildman–Crippen MR) is 73.4 cm³/mol. The molecule has 1 saturated heterocycles. The molecule has 4 nitrogen and oxygen atoms in total. The Morgan fingerprint density at radius 1 is 1.33 bits per heavy atom. The number of aromatic hydroxyl groups is 1. The smallest absolute Gasteiger partial charge is 0.121 e. The van der Waals surface area contributed by atoms with E-state index in [1.807, 2.05) is 12.1 Å². The maximum absolute atomic E-state index is 10.1. The van der Waals surface area contributed by atoms with Gasteiger partial charge in [0, 0.05) is 63.5 Å². The minimum Gasteiger partial charge on any atom is -0.508 e. The van der Waals surface area contributed by atoms with Gasteiger partial charge in [-0.15, -0.1) is 0 Å². The van der Waals surface area contributed by atoms with Crippen molar-refractivity contribution >= 4 is 5.69 Å². The van der Waals surface area contributed by atoms with Crippen LogP contribution in [0.15, 0.2) is 18.2 Å². The Balaban J connectivity index is 1.79. The molecule has 2 N–H and O–H groups in total. The van der Waals surface area contributed by atoms with Gasteiger partial charge in [0.25, 0.3) is 0 Å². The lowest BCUT2D eigenvalue weighted by Crippen LogP contribution is -2.45. The highest BCUT2D eigenvalue weighted by molar-refractivity contribution is 5.64. The summed E-state index contributed by atoms with van der Waals surface area (Å²) < 4.78 is 0. The van der Waals surface area contributed by atoms with Gasteiger partial charge < -0.3 is 20.2 Å². The first-order valence-electron chi connectivity index (χ1n) is 6.72. The van der Waals surface area contributed by atoms with Crippen LogP contribution in [0.25, 0.3) is 0 Å². The van der Waals surface area contributed by atoms with E-state index in [9.17, 15) is 5.11 Å². The summed E-state index contributed by atoms with van der Waals surface area (Å²) in [5.74, 6) is 0.890. The monoisotopic (exact) mass is 247 g/mol. The first-order valence-corrected chi connectivity index (χ1v) is 6.72. The average molecular weight is 247 g/mol. The Morgan fingerprint density at radius 3 is 2.89 bits per heavy atom. The number of hydrogen-bond donors (Lipinski definition) is 2. The summed E-state index contributed by atoms with van der Waals surface area (Å²) in [6.45, 7) is 6.45. The number of anilines is 1. The first kappa shape index (κ1) is 11.8. The lowest BCUT2D eigenvalue weighted by atomic mass is 9.99. The molecule has 98 valence electrons. The molecule has 1 fully saturated rings. The zero-order valence-electron chi connectivity index (χ0n) is 10.9. The first-order chi connectivity index (χ1) is 8.75. The van der Waals surface area contributed by atoms with E-state index in [4.69, 9.17) is 0 Å². The third-order valence-electron chi connectivity index (χ3n) is 4.06. The van der Waals surface area contributed by atoms with Gasteiger partial charge in [0.2, 0.25) is 0 Å². The summed E-state index contributed by atoms with van der Waals surface area (Å²) in [5.41, 5.74) is 2.33. The Bertz CT molecular complexity index is 429. The van der Waals surface area contributed by atoms with Gasteiger partial charge >= 0.3 is 0 Å². The maximum Gasteiger partial charge on any atom is 0.121 e. The van der Waals surface area contributed by atoms with Crippen LogP contribution < -0.4 is 10.2 Å². The lowest BCUT2D eigenvalue weighted by molar-refractivity contribution is 0.229. The van der Waals surface area contributed by atoms with Gasteiger partial charge in [-0.25, -0.2) is 0 Å². The molecule has 1 aromatic carbocycles. The molecule has 2 aliphatic heterocycles. The molecule has 0 saturated carbocycles. The second-order valence-electron chi connectivity index (χ2n) is 5.34. The molecule has 18 heavy (non-hydrogen) atoms. The normalized spacial score (nSPS) is 24.3. The molecule has 4 heteroatoms. The van der Waals surface area contributed by atoms with E-state index in [2.05, 4.69) is 28.2 Å². The molecule has 2 aliphatic rings. The van der Waals surface area contributed by atoms with Gasteiger partial charge in [-0.05, 0) is 12.1 Å². The van der Waals surface area contributed by atoms with Crippen LogP contribution in [0.5, 0.6) is 5.75 Å². The molecule has 0 spiro atoms. The van der Waals surface area contributed by atoms with Crippen molar-refractivity contribution in [2.24, 2.45) is 0 Å². The molecule has 0 aromatic heterocycles. The van der Waals surface area contributed by atoms with Crippen LogP contribution >= 0.6 is 0 Å². The summed E-state index contributed by atoms with van der Waals surface area (Å²) in [5, 5.41) is 13.5. The van der Waals surface area contributed by atoms with E-state index in [0.717, 1.165) is 44.8 Å². The Kier molecular flexibility index (Phi) is 3.14. The van der Waals surface area contributed by atoms with Gasteiger partial charge in [-0.2, -0.15) is 0 Å². The fourth-order valence-electron chi connectivity index (χ4n) is 3.17. The van der Waals surface area contributed by atoms with E-state index >= 15 is 0 Å². The average Bonchev–Trinajstić information content (AvgIpc) is 2.69. The quantitative estimate of drug-likeness (QED) is 0.812. The minimum absolute atomic E-state index is 0.435. The second kappa shape index (κ2) is 4.78. The highest BCUT2D eigenvalue weighted by Crippen LogP contribution is 2.41. The van der Waals surface area contributed by atoms with Crippen LogP contribution in [0, 0.1) is 0 Å². The van der Waals surface area contributed by atoms with Gasteiger partial charge in [0.15, 0.2) is 0 Å². The highest BCUT2D eigenvalue weighted by Gasteiger charge is 2.30. The van der Waals surface area contributed by atoms with Crippen LogP contribution in [0.4, 0.5) is 5.69 Å². The SMILES string of the molecule is CN1CC(CN2CCNCC2)c2c(O)cccc21. The molecular formula is C14H21N3O. The van der Waals surface area contributed by atoms with Crippen molar-refractivity contribution in [3.63, 3.8) is 0 Å². The zero-order chi connectivity index (χ0) is 12.5. The van der Waals surface area contributed by atoms with Crippen LogP contribution in [0.1, 0.15) is 11.5 Å². The summed E-state index contributed by atoms with van der Waals surface area (Å²) in [7, 11) is 2.11. The lowest BCUT2D eigenvalue weighted by Gasteiger charge is -2.29. The number of rotatable bonds is 2. The molecule has 0 bridgehead atoms. The number of benzene rings is 1. The molecule has 2 heterocycles. The minimum atomic E-state index is 0.435. The molecule has 1 unspecified atom stereocenters. The molecule has 1 aromatic rings. The van der Waals surface area contributed by atoms with Crippen molar-refractivity contribution in [3.8, 4) is 5.75 Å². The summed E-state index contributed by atoms with van der Waals surface area (Å²) >= 11 is 0. The summed E-state index contributed by atoms with van der Waals surface area (Å²) in [6.07, 6.45) is 0. The van der Waals surface area contributed by atoms with Gasteiger partial charge in [-0.1, -0.05) is 6.07 Å². The number of phenols is 1. The number of nitrogens with zero attached hydrogens (tertiary/aromatic N) is 2. The number of piperazine rings is 1. The predicted octanol–water partition coefficient (Wildman–Crippen LogP) is 0.831. The van der Waals surface area contributed by atoms with Crippen LogP contribution in [-0.2, 0) is 0 Å². The molecule has 3 rings (SSSR count). The Hall–Kier alpha value is -1.26. The van der Waals surface area contributed by atoms with Crippen LogP contribution in [0.3, 0.4) is 0 Å². The second-order valence-corrected chi connectivity index (χ2v) is 5.34. The Morgan fingerprint density at radius 2 is 2.11 bits per heavy atom. The number of hydrogen-bond acceptors (Lipinski definition) is 4. The summed E-state index contributed by atoms with van der Waals surface area (Å²) in [6, 6.07) is 5.84. The van der Waals surface area contributed by atoms with E-state index in [1.165, 1.54) is 5.69 Å². The highest BCUT2D eigenvalue weighted by atomic mass is 16.3. The van der Waals surface area contributed by atoms with Crippen molar-refractivity contribution in [2.75, 3.05) is 51.2 Å². The Labute approximate surface area is 108 Å². The van der Waals surface area contributed by atoms with Crippen molar-refractivity contribution in [1.29, 1.82) is 0 Å². The molecule has 0 aliphatic carbocycles. The number of phenolic OH excluding ortho intramolecular Hbond substituents is 1. The van der Waals surface area contributed by atoms with E-state index in [1.54, 1.807) is 0 Å². The fraction of sp³-hybridized carbons (Fsp3) is 0.571. The van der Waals surface area contributed by atoms with Gasteiger partial charge in [0.05, 0.1) is 0 Å². The van der Waals surface area contributed by atoms with Crippen molar-refractivity contribution in [3.05, 3.63) is 23.8 Å². The largest absolute Gasteiger partial charge is 0.508 e. The van der Waals surface area contributed by atoms with E-state index < -0.39 is 0 Å². The van der Waals surface area contributed by atoms with Crippen molar-refractivity contribution in [2.45, 2.75) is 5.92 Å². The zero-order valence-corrected chi connectivity index (χ0v) is 10.9. The third kappa shape index (κ3) is 2.06. The van der Waals surface area contributed by atoms with Crippen molar-refractivity contribution < 1.29 is 5.11 Å². The molecule has 0 amide bonds. The van der Waals surface area contributed by atoms with E-state index in [-0.39, 0.29) is 0 Å². The van der Waals surface area contributed by atoms with Crippen molar-refractivity contribution in [1.82, 2.24) is 10.2 Å². The topological polar surface area (TPSA) is 38.7 Å². The van der Waals surface area contributed by atoms with Crippen LogP contribution in [-0.4, -0.2) is 56.3 Å². The third-order valence-corrected chi connectivity index (χ3v) is 4.06. The fourth-order valence-corrected chi connectivity index (χ4v) is 3.17. The number of likely N-dealkylation sites (N-methyl/N-ethyl adjacent to an activating group) is 1. The van der Waals surface area contributed by atoms with E-state index in [0.29, 0.717) is 11.7 Å². The van der Waals surface area contributed by atoms with Gasteiger partial charge in [-0.3, -0.25) is 0 Å². The molecular weight excluding hydrogens is 226 g/mol. The molecule has 1 atom stereocenters. The number of nitrogens with one attached hydrogen (secondary N) is 1. The molecule has 0 radical (unpaired) electrons. The van der Waals surface area contributed by atoms with Crippen LogP contribution in [0.2, 0.25) is 0 Å². The maximum atomic E-state index is 10.1. The standard InChI is InChI=1S/C14H21N3O/c1-16-9-11(10-17-7-5-15-6-8-17)14-12(16)3-2-4-13(14)18/h2-4,11,15,18H,5-10H2,1H3. The van der Waals surface area contributed by atoms with Gasteiger partial charge in [0.1, 0.15) is 5.75 Å². The summed E-state index contributed by atoms with van der Waals surface area (Å²) in [4.78, 5) is 4.75.